The molecule has 0 nitrogen and oxygen atoms in total. The van der Waals surface area contributed by atoms with Crippen molar-refractivity contribution in [1.29, 1.82) is 0 Å². The van der Waals surface area contributed by atoms with Crippen molar-refractivity contribution < 1.29 is 0 Å². The third-order valence-electron chi connectivity index (χ3n) is 1.31. The van der Waals surface area contributed by atoms with Crippen LogP contribution in [0.1, 0.15) is 18.9 Å². The van der Waals surface area contributed by atoms with Crippen LogP contribution in [0.15, 0.2) is 28.7 Å². The Kier molecular flexibility index (Phi) is 2.94. The van der Waals surface area contributed by atoms with Crippen molar-refractivity contribution in [3.63, 3.8) is 0 Å². The molecule has 0 N–H and O–H groups in total. The monoisotopic (exact) mass is 197 g/mol. The summed E-state index contributed by atoms with van der Waals surface area (Å²) in [6.07, 6.45) is 3.30. The summed E-state index contributed by atoms with van der Waals surface area (Å²) in [5.74, 6) is 0. The molecule has 1 radical (unpaired) electrons. The van der Waals surface area contributed by atoms with Gasteiger partial charge in [0.25, 0.3) is 0 Å². The van der Waals surface area contributed by atoms with Gasteiger partial charge in [-0.2, -0.15) is 0 Å². The first-order chi connectivity index (χ1) is 4.83. The number of halogens is 1. The lowest BCUT2D eigenvalue weighted by molar-refractivity contribution is 1.12. The zero-order chi connectivity index (χ0) is 7.40. The standard InChI is InChI=1S/C9H10Br/c1-2-3-8-4-6-9(10)7-5-8/h3-7H,2H2,1H3. The van der Waals surface area contributed by atoms with Crippen molar-refractivity contribution in [2.75, 3.05) is 0 Å². The van der Waals surface area contributed by atoms with E-state index in [9.17, 15) is 0 Å². The smallest absolute Gasteiger partial charge is 0.0175 e. The highest BCUT2D eigenvalue weighted by atomic mass is 79.9. The van der Waals surface area contributed by atoms with E-state index in [1.165, 1.54) is 5.56 Å². The molecule has 0 fully saturated rings. The quantitative estimate of drug-likeness (QED) is 0.682. The van der Waals surface area contributed by atoms with Gasteiger partial charge in [0, 0.05) is 4.47 Å². The topological polar surface area (TPSA) is 0 Å². The lowest BCUT2D eigenvalue weighted by Gasteiger charge is -1.95. The van der Waals surface area contributed by atoms with Crippen molar-refractivity contribution in [1.82, 2.24) is 0 Å². The van der Waals surface area contributed by atoms with E-state index in [0.717, 1.165) is 10.9 Å². The highest BCUT2D eigenvalue weighted by molar-refractivity contribution is 9.10. The van der Waals surface area contributed by atoms with Crippen LogP contribution in [-0.2, 0) is 0 Å². The van der Waals surface area contributed by atoms with Crippen LogP contribution in [0.4, 0.5) is 0 Å². The maximum absolute atomic E-state index is 3.38. The predicted molar refractivity (Wildman–Crippen MR) is 47.8 cm³/mol. The van der Waals surface area contributed by atoms with Gasteiger partial charge in [0.05, 0.1) is 0 Å². The summed E-state index contributed by atoms with van der Waals surface area (Å²) in [4.78, 5) is 0. The molecule has 0 atom stereocenters. The Bertz CT molecular complexity index is 188. The zero-order valence-corrected chi connectivity index (χ0v) is 7.56. The molecular weight excluding hydrogens is 188 g/mol. The minimum Gasteiger partial charge on any atom is -0.0648 e. The molecule has 1 rings (SSSR count). The number of benzene rings is 1. The maximum Gasteiger partial charge on any atom is 0.0175 e. The number of hydrogen-bond acceptors (Lipinski definition) is 0. The molecule has 0 aliphatic heterocycles. The molecule has 53 valence electrons. The minimum absolute atomic E-state index is 1.10. The molecule has 0 amide bonds. The van der Waals surface area contributed by atoms with Crippen LogP contribution < -0.4 is 0 Å². The molecule has 0 aliphatic carbocycles. The fraction of sp³-hybridized carbons (Fsp3) is 0.222. The van der Waals surface area contributed by atoms with Gasteiger partial charge in [-0.05, 0) is 30.5 Å². The van der Waals surface area contributed by atoms with Crippen LogP contribution in [0.25, 0.3) is 0 Å². The Labute approximate surface area is 70.4 Å². The predicted octanol–water partition coefficient (Wildman–Crippen LogP) is 3.41. The second-order valence-electron chi connectivity index (χ2n) is 2.16. The van der Waals surface area contributed by atoms with E-state index in [4.69, 9.17) is 0 Å². The fourth-order valence-electron chi connectivity index (χ4n) is 0.835. The van der Waals surface area contributed by atoms with Crippen LogP contribution in [-0.4, -0.2) is 0 Å². The lowest BCUT2D eigenvalue weighted by Crippen LogP contribution is -1.77. The van der Waals surface area contributed by atoms with Gasteiger partial charge in [0.2, 0.25) is 0 Å². The summed E-state index contributed by atoms with van der Waals surface area (Å²) in [5.41, 5.74) is 1.30. The Morgan fingerprint density at radius 2 is 1.90 bits per heavy atom. The second kappa shape index (κ2) is 3.77. The Hall–Kier alpha value is -0.300. The first-order valence-electron chi connectivity index (χ1n) is 3.41. The molecule has 1 heteroatoms. The zero-order valence-electron chi connectivity index (χ0n) is 5.97. The molecule has 0 saturated heterocycles. The lowest BCUT2D eigenvalue weighted by atomic mass is 10.1. The molecule has 1 aromatic carbocycles. The van der Waals surface area contributed by atoms with Crippen molar-refractivity contribution in [2.24, 2.45) is 0 Å². The Morgan fingerprint density at radius 1 is 1.30 bits per heavy atom. The largest absolute Gasteiger partial charge is 0.0648 e. The first-order valence-corrected chi connectivity index (χ1v) is 4.21. The van der Waals surface area contributed by atoms with Gasteiger partial charge in [0.1, 0.15) is 0 Å². The average molecular weight is 198 g/mol. The molecule has 0 heterocycles. The van der Waals surface area contributed by atoms with E-state index in [1.807, 2.05) is 0 Å². The van der Waals surface area contributed by atoms with E-state index in [2.05, 4.69) is 53.5 Å². The summed E-state index contributed by atoms with van der Waals surface area (Å²) in [5, 5.41) is 0. The third-order valence-corrected chi connectivity index (χ3v) is 1.84. The summed E-state index contributed by atoms with van der Waals surface area (Å²) >= 11 is 3.38. The molecule has 0 aliphatic rings. The average Bonchev–Trinajstić information content (AvgIpc) is 1.95. The van der Waals surface area contributed by atoms with E-state index in [1.54, 1.807) is 0 Å². The van der Waals surface area contributed by atoms with Gasteiger partial charge < -0.3 is 0 Å². The van der Waals surface area contributed by atoms with Gasteiger partial charge in [0.15, 0.2) is 0 Å². The summed E-state index contributed by atoms with van der Waals surface area (Å²) in [6, 6.07) is 8.32. The Morgan fingerprint density at radius 3 is 2.40 bits per heavy atom. The molecule has 0 unspecified atom stereocenters. The normalized spacial score (nSPS) is 9.80. The van der Waals surface area contributed by atoms with E-state index < -0.39 is 0 Å². The van der Waals surface area contributed by atoms with Crippen molar-refractivity contribution in [2.45, 2.75) is 13.3 Å². The molecule has 0 aromatic heterocycles. The van der Waals surface area contributed by atoms with Crippen LogP contribution in [0, 0.1) is 6.42 Å². The van der Waals surface area contributed by atoms with E-state index in [-0.39, 0.29) is 0 Å². The van der Waals surface area contributed by atoms with Gasteiger partial charge in [-0.25, -0.2) is 0 Å². The highest BCUT2D eigenvalue weighted by Gasteiger charge is 1.89. The molecule has 10 heavy (non-hydrogen) atoms. The van der Waals surface area contributed by atoms with Gasteiger partial charge in [-0.1, -0.05) is 35.0 Å². The van der Waals surface area contributed by atoms with Gasteiger partial charge in [-0.3, -0.25) is 0 Å². The van der Waals surface area contributed by atoms with E-state index in [0.29, 0.717) is 0 Å². The SMILES string of the molecule is CC[CH]c1ccc(Br)cc1. The van der Waals surface area contributed by atoms with Gasteiger partial charge in [-0.15, -0.1) is 0 Å². The van der Waals surface area contributed by atoms with Crippen LogP contribution in [0.5, 0.6) is 0 Å². The van der Waals surface area contributed by atoms with Crippen molar-refractivity contribution in [3.05, 3.63) is 40.7 Å². The number of rotatable bonds is 2. The molecule has 0 saturated carbocycles. The molecular formula is C9H10Br. The van der Waals surface area contributed by atoms with Crippen molar-refractivity contribution >= 4 is 15.9 Å². The molecule has 1 aromatic rings. The van der Waals surface area contributed by atoms with Gasteiger partial charge >= 0.3 is 0 Å². The summed E-state index contributed by atoms with van der Waals surface area (Å²) < 4.78 is 1.14. The second-order valence-corrected chi connectivity index (χ2v) is 3.08. The van der Waals surface area contributed by atoms with Crippen LogP contribution in [0.2, 0.25) is 0 Å². The third kappa shape index (κ3) is 2.14. The maximum atomic E-state index is 3.38. The van der Waals surface area contributed by atoms with Crippen LogP contribution in [0.3, 0.4) is 0 Å². The minimum atomic E-state index is 1.10. The van der Waals surface area contributed by atoms with Crippen molar-refractivity contribution in [3.8, 4) is 0 Å². The Balaban J connectivity index is 2.69. The fourth-order valence-corrected chi connectivity index (χ4v) is 1.10. The number of hydrogen-bond donors (Lipinski definition) is 0. The first kappa shape index (κ1) is 7.80. The molecule has 0 bridgehead atoms. The summed E-state index contributed by atoms with van der Waals surface area (Å²) in [7, 11) is 0. The highest BCUT2D eigenvalue weighted by Crippen LogP contribution is 2.12. The van der Waals surface area contributed by atoms with E-state index >= 15 is 0 Å². The molecule has 0 spiro atoms. The van der Waals surface area contributed by atoms with Crippen LogP contribution >= 0.6 is 15.9 Å². The summed E-state index contributed by atoms with van der Waals surface area (Å²) in [6.45, 7) is 2.14.